The predicted molar refractivity (Wildman–Crippen MR) is 102 cm³/mol. The van der Waals surface area contributed by atoms with Crippen LogP contribution in [-0.4, -0.2) is 33.9 Å². The zero-order valence-electron chi connectivity index (χ0n) is 14.3. The van der Waals surface area contributed by atoms with Gasteiger partial charge in [-0.1, -0.05) is 36.0 Å². The van der Waals surface area contributed by atoms with Gasteiger partial charge in [-0.25, -0.2) is 4.99 Å². The maximum absolute atomic E-state index is 12.7. The van der Waals surface area contributed by atoms with Crippen LogP contribution in [0.2, 0.25) is 0 Å². The Morgan fingerprint density at radius 1 is 1.19 bits per heavy atom. The van der Waals surface area contributed by atoms with Gasteiger partial charge in [0.25, 0.3) is 0 Å². The van der Waals surface area contributed by atoms with Gasteiger partial charge in [0, 0.05) is 6.42 Å². The Morgan fingerprint density at radius 3 is 2.74 bits per heavy atom. The lowest BCUT2D eigenvalue weighted by Gasteiger charge is -2.31. The van der Waals surface area contributed by atoms with E-state index in [1.165, 1.54) is 11.8 Å². The molecule has 2 heterocycles. The largest absolute Gasteiger partial charge is 0.454 e. The van der Waals surface area contributed by atoms with E-state index in [1.807, 2.05) is 48.5 Å². The number of primary amides is 1. The fourth-order valence-corrected chi connectivity index (χ4v) is 3.89. The molecule has 27 heavy (non-hydrogen) atoms. The smallest absolute Gasteiger partial charge is 0.231 e. The summed E-state index contributed by atoms with van der Waals surface area (Å²) in [6, 6.07) is 14.8. The third-order valence-electron chi connectivity index (χ3n) is 4.22. The van der Waals surface area contributed by atoms with E-state index in [-0.39, 0.29) is 19.1 Å². The zero-order chi connectivity index (χ0) is 18.8. The van der Waals surface area contributed by atoms with Crippen LogP contribution in [0.5, 0.6) is 11.5 Å². The number of ether oxygens (including phenoxy) is 2. The van der Waals surface area contributed by atoms with E-state index in [9.17, 15) is 9.59 Å². The van der Waals surface area contributed by atoms with Gasteiger partial charge in [-0.3, -0.25) is 14.5 Å². The monoisotopic (exact) mass is 383 g/mol. The number of carbonyl (C=O) groups excluding carboxylic acids is 2. The van der Waals surface area contributed by atoms with Crippen molar-refractivity contribution in [1.29, 1.82) is 0 Å². The van der Waals surface area contributed by atoms with Gasteiger partial charge >= 0.3 is 0 Å². The summed E-state index contributed by atoms with van der Waals surface area (Å²) in [4.78, 5) is 30.5. The fourth-order valence-electron chi connectivity index (χ4n) is 2.84. The summed E-state index contributed by atoms with van der Waals surface area (Å²) >= 11 is 1.22. The lowest BCUT2D eigenvalue weighted by molar-refractivity contribution is -0.130. The molecule has 2 aromatic carbocycles. The Hall–Kier alpha value is -3.00. The molecule has 2 aliphatic heterocycles. The normalized spacial score (nSPS) is 20.1. The van der Waals surface area contributed by atoms with Crippen LogP contribution in [0.25, 0.3) is 0 Å². The molecule has 0 bridgehead atoms. The van der Waals surface area contributed by atoms with Gasteiger partial charge in [0.05, 0.1) is 17.5 Å². The molecule has 0 saturated carbocycles. The Bertz CT molecular complexity index is 916. The summed E-state index contributed by atoms with van der Waals surface area (Å²) in [6.45, 7) is 0.512. The molecule has 2 N–H and O–H groups in total. The van der Waals surface area contributed by atoms with Crippen molar-refractivity contribution in [2.45, 2.75) is 18.2 Å². The Labute approximate surface area is 160 Å². The highest BCUT2D eigenvalue weighted by Crippen LogP contribution is 2.34. The maximum atomic E-state index is 12.7. The minimum absolute atomic E-state index is 0.0539. The van der Waals surface area contributed by atoms with E-state index >= 15 is 0 Å². The number of hydrogen-bond acceptors (Lipinski definition) is 6. The van der Waals surface area contributed by atoms with Gasteiger partial charge in [-0.2, -0.15) is 0 Å². The molecule has 1 unspecified atom stereocenters. The SMILES string of the molecule is NC(=O)C1CC(=O)N(Cc2ccc3c(c2)OCO3)C(=Nc2ccccc2)S1. The molecule has 138 valence electrons. The van der Waals surface area contributed by atoms with Crippen LogP contribution in [-0.2, 0) is 16.1 Å². The summed E-state index contributed by atoms with van der Waals surface area (Å²) in [7, 11) is 0. The molecule has 0 aliphatic carbocycles. The topological polar surface area (TPSA) is 94.2 Å². The van der Waals surface area contributed by atoms with E-state index in [0.29, 0.717) is 28.9 Å². The Balaban J connectivity index is 1.64. The quantitative estimate of drug-likeness (QED) is 0.875. The van der Waals surface area contributed by atoms with Gasteiger partial charge < -0.3 is 15.2 Å². The van der Waals surface area contributed by atoms with Gasteiger partial charge in [0.1, 0.15) is 0 Å². The number of para-hydroxylation sites is 1. The van der Waals surface area contributed by atoms with Crippen molar-refractivity contribution in [3.8, 4) is 11.5 Å². The average Bonchev–Trinajstić information content (AvgIpc) is 3.13. The summed E-state index contributed by atoms with van der Waals surface area (Å²) in [5.74, 6) is 0.632. The predicted octanol–water partition coefficient (Wildman–Crippen LogP) is 2.42. The number of thioether (sulfide) groups is 1. The van der Waals surface area contributed by atoms with Crippen LogP contribution >= 0.6 is 11.8 Å². The van der Waals surface area contributed by atoms with Crippen molar-refractivity contribution in [3.05, 3.63) is 54.1 Å². The second kappa shape index (κ2) is 7.32. The highest BCUT2D eigenvalue weighted by molar-refractivity contribution is 8.15. The second-order valence-electron chi connectivity index (χ2n) is 6.11. The van der Waals surface area contributed by atoms with E-state index in [2.05, 4.69) is 4.99 Å². The first-order chi connectivity index (χ1) is 13.1. The van der Waals surface area contributed by atoms with Crippen molar-refractivity contribution < 1.29 is 19.1 Å². The number of fused-ring (bicyclic) bond motifs is 1. The van der Waals surface area contributed by atoms with Crippen LogP contribution in [0.1, 0.15) is 12.0 Å². The number of rotatable bonds is 4. The highest BCUT2D eigenvalue weighted by Gasteiger charge is 2.35. The Kier molecular flexibility index (Phi) is 4.72. The van der Waals surface area contributed by atoms with Crippen LogP contribution in [0.3, 0.4) is 0 Å². The molecular formula is C19H17N3O4S. The fraction of sp³-hybridized carbons (Fsp3) is 0.211. The number of amides is 2. The van der Waals surface area contributed by atoms with Crippen molar-refractivity contribution in [2.75, 3.05) is 6.79 Å². The van der Waals surface area contributed by atoms with Gasteiger partial charge in [-0.15, -0.1) is 0 Å². The van der Waals surface area contributed by atoms with Crippen molar-refractivity contribution in [2.24, 2.45) is 10.7 Å². The molecule has 0 spiro atoms. The molecule has 1 fully saturated rings. The van der Waals surface area contributed by atoms with Crippen molar-refractivity contribution in [1.82, 2.24) is 4.90 Å². The molecule has 4 rings (SSSR count). The molecule has 2 amide bonds. The van der Waals surface area contributed by atoms with E-state index in [0.717, 1.165) is 5.56 Å². The number of aliphatic imine (C=N–C) groups is 1. The van der Waals surface area contributed by atoms with Crippen molar-refractivity contribution in [3.63, 3.8) is 0 Å². The van der Waals surface area contributed by atoms with E-state index < -0.39 is 11.2 Å². The molecule has 2 aliphatic rings. The minimum Gasteiger partial charge on any atom is -0.454 e. The lowest BCUT2D eigenvalue weighted by Crippen LogP contribution is -2.45. The Morgan fingerprint density at radius 2 is 1.96 bits per heavy atom. The molecule has 1 saturated heterocycles. The van der Waals surface area contributed by atoms with Crippen LogP contribution in [0.15, 0.2) is 53.5 Å². The minimum atomic E-state index is -0.618. The van der Waals surface area contributed by atoms with Crippen LogP contribution < -0.4 is 15.2 Å². The number of amidine groups is 1. The molecule has 8 heteroatoms. The summed E-state index contributed by atoms with van der Waals surface area (Å²) in [5, 5.41) is -0.160. The van der Waals surface area contributed by atoms with Crippen molar-refractivity contribution >= 4 is 34.4 Å². The molecule has 7 nitrogen and oxygen atoms in total. The zero-order valence-corrected chi connectivity index (χ0v) is 15.1. The molecule has 1 atom stereocenters. The average molecular weight is 383 g/mol. The number of hydrogen-bond donors (Lipinski definition) is 1. The second-order valence-corrected chi connectivity index (χ2v) is 7.28. The molecule has 0 radical (unpaired) electrons. The first-order valence-electron chi connectivity index (χ1n) is 8.39. The molecule has 0 aromatic heterocycles. The van der Waals surface area contributed by atoms with Gasteiger partial charge in [0.2, 0.25) is 18.6 Å². The third kappa shape index (κ3) is 3.75. The molecular weight excluding hydrogens is 366 g/mol. The number of carbonyl (C=O) groups is 2. The summed E-state index contributed by atoms with van der Waals surface area (Å²) in [5.41, 5.74) is 7.01. The summed E-state index contributed by atoms with van der Waals surface area (Å²) in [6.07, 6.45) is 0.0539. The first kappa shape index (κ1) is 17.4. The maximum Gasteiger partial charge on any atom is 0.231 e. The first-order valence-corrected chi connectivity index (χ1v) is 9.27. The van der Waals surface area contributed by atoms with E-state index in [1.54, 1.807) is 4.90 Å². The number of nitrogens with zero attached hydrogens (tertiary/aromatic N) is 2. The number of benzene rings is 2. The van der Waals surface area contributed by atoms with Gasteiger partial charge in [0.15, 0.2) is 16.7 Å². The van der Waals surface area contributed by atoms with Crippen LogP contribution in [0.4, 0.5) is 5.69 Å². The van der Waals surface area contributed by atoms with Gasteiger partial charge in [-0.05, 0) is 29.8 Å². The standard InChI is InChI=1S/C19H17N3O4S/c20-18(24)16-9-17(23)22(19(27-16)21-13-4-2-1-3-5-13)10-12-6-7-14-15(8-12)26-11-25-14/h1-8,16H,9-11H2,(H2,20,24). The van der Waals surface area contributed by atoms with E-state index in [4.69, 9.17) is 15.2 Å². The highest BCUT2D eigenvalue weighted by atomic mass is 32.2. The van der Waals surface area contributed by atoms with Crippen LogP contribution in [0, 0.1) is 0 Å². The molecule has 2 aromatic rings. The summed E-state index contributed by atoms with van der Waals surface area (Å²) < 4.78 is 10.7. The third-order valence-corrected chi connectivity index (χ3v) is 5.42. The lowest BCUT2D eigenvalue weighted by atomic mass is 10.1. The number of nitrogens with two attached hydrogens (primary N) is 1.